The van der Waals surface area contributed by atoms with Gasteiger partial charge in [-0.3, -0.25) is 33.8 Å². The number of rotatable bonds is 46. The summed E-state index contributed by atoms with van der Waals surface area (Å²) in [4.78, 5) is 112. The fraction of sp³-hybridized carbons (Fsp3) is 0.695. The monoisotopic (exact) mass is 1850 g/mol. The van der Waals surface area contributed by atoms with Crippen LogP contribution in [0.3, 0.4) is 0 Å². The molecule has 3 amide bonds. The van der Waals surface area contributed by atoms with Crippen LogP contribution in [0.15, 0.2) is 89.4 Å². The molecular formula is C95H144N12O23S. The minimum absolute atomic E-state index is 0.00586. The molecule has 1 aliphatic carbocycles. The molecule has 728 valence electrons. The third-order valence-electron chi connectivity index (χ3n) is 24.6. The summed E-state index contributed by atoms with van der Waals surface area (Å²) in [5, 5.41) is 44.4. The van der Waals surface area contributed by atoms with E-state index in [1.54, 1.807) is 68.6 Å². The highest BCUT2D eigenvalue weighted by molar-refractivity contribution is 8.14. The maximum Gasteiger partial charge on any atom is 0.329 e. The maximum absolute atomic E-state index is 14.8. The molecule has 7 heterocycles. The molecule has 1 aromatic carbocycles. The lowest BCUT2D eigenvalue weighted by atomic mass is 9.78. The molecule has 2 bridgehead atoms. The van der Waals surface area contributed by atoms with Crippen molar-refractivity contribution in [3.05, 3.63) is 95.6 Å². The summed E-state index contributed by atoms with van der Waals surface area (Å²) < 4.78 is 85.4. The average molecular weight is 1850 g/mol. The molecule has 4 aliphatic heterocycles. The van der Waals surface area contributed by atoms with Crippen molar-refractivity contribution >= 4 is 74.8 Å². The number of hydrogen-bond donors (Lipinski definition) is 5. The first-order valence-electron chi connectivity index (χ1n) is 46.8. The number of aromatic nitrogens is 7. The molecule has 1 saturated carbocycles. The zero-order valence-corrected chi connectivity index (χ0v) is 79.3. The van der Waals surface area contributed by atoms with Crippen LogP contribution in [0.4, 0.5) is 5.82 Å². The Labute approximate surface area is 775 Å². The predicted octanol–water partition coefficient (Wildman–Crippen LogP) is 9.16. The standard InChI is InChI=1S/C95H144N12O23S/c1-64-21-12-11-13-22-65(2)79(117-8)60-75-29-27-70(7)95(116,130-75)88(112)92(114)106-34-17-14-26-76(106)93(115)129-80(61-77(108)66(3)56-69(6)86(111)87(119-10)85(110)68(5)55-64)67(4)57-71-28-30-78(81(58-71)118-9)128-37-19-15-25-74-62-105(104-102-74)36-39-121-41-43-123-45-47-125-49-51-127-53-52-126-50-48-124-46-44-122-42-40-120-38-31-82(109)97-32-16-18-35-107-90-83(89(96)99-63-100-90)84(103-107)72-23-20-24-73(59-72)91(113)101-94-98-33-54-131-94/h11-13,20-24,56,59,62-64,66-68,70-71,75-76,78-81,86-87,111,116H,14-19,25-55,57-58,60-61H2,1-10H3,(H,97,109)(H2,96,99,100)(H,98,101,113)/b13-11+,21-12+,65-22+,69-56+/t64-,66-,67-,68-,70-,71+,75+,76+,78-,79+,80+,81-,86-,87+,95-/m1/s1. The summed E-state index contributed by atoms with van der Waals surface area (Å²) in [7, 11) is 4.65. The number of hydrogen-bond acceptors (Lipinski definition) is 31. The van der Waals surface area contributed by atoms with E-state index in [4.69, 9.17) is 77.1 Å². The van der Waals surface area contributed by atoms with Crippen LogP contribution in [-0.2, 0) is 115 Å². The zero-order chi connectivity index (χ0) is 93.9. The van der Waals surface area contributed by atoms with E-state index in [0.29, 0.717) is 234 Å². The van der Waals surface area contributed by atoms with Crippen molar-refractivity contribution in [1.82, 2.24) is 50.3 Å². The second-order valence-electron chi connectivity index (χ2n) is 34.7. The van der Waals surface area contributed by atoms with Crippen LogP contribution in [0.5, 0.6) is 0 Å². The molecule has 2 saturated heterocycles. The molecule has 0 radical (unpaired) electrons. The zero-order valence-electron chi connectivity index (χ0n) is 78.5. The van der Waals surface area contributed by atoms with Gasteiger partial charge in [0.1, 0.15) is 48.0 Å². The summed E-state index contributed by atoms with van der Waals surface area (Å²) in [6, 6.07) is 6.01. The van der Waals surface area contributed by atoms with E-state index in [0.717, 1.165) is 55.5 Å². The number of anilines is 1. The first-order valence-corrected chi connectivity index (χ1v) is 47.8. The van der Waals surface area contributed by atoms with Crippen molar-refractivity contribution in [3.8, 4) is 11.3 Å². The van der Waals surface area contributed by atoms with Crippen molar-refractivity contribution < 1.29 is 110 Å². The smallest absolute Gasteiger partial charge is 0.329 e. The van der Waals surface area contributed by atoms with Gasteiger partial charge in [-0.2, -0.15) is 5.10 Å². The van der Waals surface area contributed by atoms with E-state index in [-0.39, 0.29) is 85.8 Å². The number of ether oxygens (including phenoxy) is 14. The molecule has 131 heavy (non-hydrogen) atoms. The van der Waals surface area contributed by atoms with Crippen molar-refractivity contribution in [2.75, 3.05) is 165 Å². The number of aliphatic hydroxyl groups is 2. The van der Waals surface area contributed by atoms with Crippen LogP contribution in [0, 0.1) is 35.5 Å². The topological polar surface area (TPSA) is 429 Å². The van der Waals surface area contributed by atoms with E-state index in [1.165, 1.54) is 30.1 Å². The molecule has 3 fully saturated rings. The van der Waals surface area contributed by atoms with Gasteiger partial charge < -0.3 is 97.8 Å². The van der Waals surface area contributed by atoms with Crippen LogP contribution in [0.2, 0.25) is 0 Å². The Balaban J connectivity index is 0.580. The molecule has 0 unspecified atom stereocenters. The second-order valence-corrected chi connectivity index (χ2v) is 35.8. The number of fused-ring (bicyclic) bond motifs is 4. The number of nitrogens with zero attached hydrogens (tertiary/aromatic N) is 9. The second kappa shape index (κ2) is 57.6. The fourth-order valence-corrected chi connectivity index (χ4v) is 17.7. The van der Waals surface area contributed by atoms with Crippen molar-refractivity contribution in [2.24, 2.45) is 40.5 Å². The molecule has 36 heteroatoms. The number of thioether (sulfide) groups is 1. The molecule has 15 atom stereocenters. The number of nitrogens with two attached hydrogens (primary N) is 1. The Morgan fingerprint density at radius 3 is 2.10 bits per heavy atom. The number of piperidine rings is 1. The molecule has 9 rings (SSSR count). The minimum atomic E-state index is -2.46. The Morgan fingerprint density at radius 2 is 1.43 bits per heavy atom. The number of Topliss-reactive ketones (excluding diaryl/α,β-unsaturated/α-hetero) is 3. The first kappa shape index (κ1) is 107. The lowest BCUT2D eigenvalue weighted by Crippen LogP contribution is -2.61. The van der Waals surface area contributed by atoms with Crippen LogP contribution in [0.25, 0.3) is 22.3 Å². The number of amides is 3. The number of aliphatic imine (C=N–C) groups is 1. The number of nitrogens with one attached hydrogen (secondary N) is 2. The van der Waals surface area contributed by atoms with Gasteiger partial charge in [-0.1, -0.05) is 100 Å². The Hall–Kier alpha value is -8.02. The lowest BCUT2D eigenvalue weighted by Gasteiger charge is -2.42. The van der Waals surface area contributed by atoms with E-state index >= 15 is 0 Å². The predicted molar refractivity (Wildman–Crippen MR) is 493 cm³/mol. The van der Waals surface area contributed by atoms with Crippen LogP contribution < -0.4 is 16.4 Å². The van der Waals surface area contributed by atoms with E-state index in [9.17, 15) is 43.8 Å². The van der Waals surface area contributed by atoms with Crippen molar-refractivity contribution in [1.29, 1.82) is 0 Å². The van der Waals surface area contributed by atoms with Crippen molar-refractivity contribution in [2.45, 2.75) is 232 Å². The molecule has 0 spiro atoms. The number of allylic oxidation sites excluding steroid dienone is 6. The normalized spacial score (nSPS) is 26.5. The number of carbonyl (C=O) groups is 7. The Bertz CT molecular complexity index is 4350. The number of amidine groups is 1. The number of ketones is 3. The number of esters is 1. The van der Waals surface area contributed by atoms with Crippen LogP contribution >= 0.6 is 11.8 Å². The lowest BCUT2D eigenvalue weighted by molar-refractivity contribution is -0.265. The van der Waals surface area contributed by atoms with Gasteiger partial charge >= 0.3 is 5.97 Å². The summed E-state index contributed by atoms with van der Waals surface area (Å²) in [6.07, 6.45) is 19.2. The van der Waals surface area contributed by atoms with Gasteiger partial charge in [-0.25, -0.2) is 24.1 Å². The van der Waals surface area contributed by atoms with Gasteiger partial charge in [0.05, 0.1) is 154 Å². The van der Waals surface area contributed by atoms with Crippen molar-refractivity contribution in [3.63, 3.8) is 0 Å². The fourth-order valence-electron chi connectivity index (χ4n) is 16.9. The van der Waals surface area contributed by atoms with E-state index in [1.807, 2.05) is 70.3 Å². The number of aryl methyl sites for hydroxylation is 2. The molecule has 4 aromatic rings. The summed E-state index contributed by atoms with van der Waals surface area (Å²) in [5.41, 5.74) is 10.8. The quantitative estimate of drug-likeness (QED) is 0.0119. The van der Waals surface area contributed by atoms with Gasteiger partial charge in [-0.15, -0.1) is 5.10 Å². The number of carbonyl (C=O) groups excluding carboxylic acids is 7. The van der Waals surface area contributed by atoms with Gasteiger partial charge in [0.25, 0.3) is 17.6 Å². The number of unbranched alkanes of at least 4 members (excludes halogenated alkanes) is 2. The molecule has 35 nitrogen and oxygen atoms in total. The Morgan fingerprint density at radius 1 is 0.733 bits per heavy atom. The Kier molecular flexibility index (Phi) is 46.9. The van der Waals surface area contributed by atoms with Gasteiger partial charge in [-0.05, 0) is 151 Å². The number of aliphatic hydroxyl groups excluding tert-OH is 1. The van der Waals surface area contributed by atoms with Gasteiger partial charge in [0.2, 0.25) is 11.7 Å². The third kappa shape index (κ3) is 34.7. The maximum atomic E-state index is 14.8. The molecule has 3 aromatic heterocycles. The van der Waals surface area contributed by atoms with E-state index in [2.05, 4.69) is 35.9 Å². The summed E-state index contributed by atoms with van der Waals surface area (Å²) in [6.45, 7) is 22.1. The summed E-state index contributed by atoms with van der Waals surface area (Å²) >= 11 is 1.51. The highest BCUT2D eigenvalue weighted by Crippen LogP contribution is 2.39. The number of cyclic esters (lactones) is 1. The number of methoxy groups -OCH3 is 3. The average Bonchev–Trinajstić information content (AvgIpc) is 1.73. The third-order valence-corrected chi connectivity index (χ3v) is 25.5. The number of nitrogen functional groups attached to an aromatic ring is 1. The van der Waals surface area contributed by atoms with Gasteiger partial charge in [0.15, 0.2) is 16.6 Å². The van der Waals surface area contributed by atoms with Crippen LogP contribution in [0.1, 0.15) is 174 Å². The van der Waals surface area contributed by atoms with E-state index < -0.39 is 77.8 Å². The highest BCUT2D eigenvalue weighted by Gasteiger charge is 2.53. The largest absolute Gasteiger partial charge is 0.460 e. The molecular weight excluding hydrogens is 1710 g/mol. The SMILES string of the molecule is CO[C@H]1C[C@@H]2CC[C@@H](C)[C@@](O)(O2)C(=O)C(=O)N2CCCC[C@H]2C(=O)O[C@H]([C@H](C)C[C@@H]2CC[C@@H](OCCCCc3cn(CCOCCOCCOCCOCCOCCOCCOCCOCCC(=O)NCCCCn4nc(-c5cccc(C(=O)NC6=NCCS6)c5)c5c(N)ncnc54)nn3)[C@H](OC)C2)CC(=O)[C@H](C)/C=C(\C)[C@@H](O)[C@@H](OC)C(=O)[C@H](C)C[C@H](C)/C=C/C=C/C=C/1C. The first-order chi connectivity index (χ1) is 63.4. The van der Waals surface area contributed by atoms with Gasteiger partial charge in [0, 0.05) is 108 Å². The molecule has 5 aliphatic rings. The highest BCUT2D eigenvalue weighted by atomic mass is 32.2. The summed E-state index contributed by atoms with van der Waals surface area (Å²) in [5.74, 6) is -7.40. The minimum Gasteiger partial charge on any atom is -0.460 e. The molecule has 6 N–H and O–H groups in total. The van der Waals surface area contributed by atoms with Crippen LogP contribution in [-0.4, -0.2) is 310 Å². The number of benzene rings is 1.